The maximum Gasteiger partial charge on any atom is 0.221 e. The zero-order valence-electron chi connectivity index (χ0n) is 9.79. The van der Waals surface area contributed by atoms with Crippen molar-refractivity contribution in [2.24, 2.45) is 0 Å². The Morgan fingerprint density at radius 2 is 1.87 bits per heavy atom. The lowest BCUT2D eigenvalue weighted by molar-refractivity contribution is -0.124. The maximum atomic E-state index is 11.5. The van der Waals surface area contributed by atoms with E-state index in [2.05, 4.69) is 5.32 Å². The lowest BCUT2D eigenvalue weighted by Crippen LogP contribution is -2.54. The molecule has 0 fully saturated rings. The van der Waals surface area contributed by atoms with Crippen molar-refractivity contribution in [3.05, 3.63) is 0 Å². The second-order valence-corrected chi connectivity index (χ2v) is 4.05. The van der Waals surface area contributed by atoms with Gasteiger partial charge in [-0.3, -0.25) is 4.79 Å². The predicted molar refractivity (Wildman–Crippen MR) is 58.5 cm³/mol. The van der Waals surface area contributed by atoms with Crippen LogP contribution in [0.5, 0.6) is 0 Å². The van der Waals surface area contributed by atoms with Gasteiger partial charge in [-0.25, -0.2) is 0 Å². The van der Waals surface area contributed by atoms with Crippen molar-refractivity contribution in [1.82, 2.24) is 10.2 Å². The van der Waals surface area contributed by atoms with E-state index in [-0.39, 0.29) is 19.1 Å². The molecule has 0 aromatic rings. The normalized spacial score (nSPS) is 11.9. The van der Waals surface area contributed by atoms with Crippen LogP contribution in [0.3, 0.4) is 0 Å². The summed E-state index contributed by atoms with van der Waals surface area (Å²) in [5.41, 5.74) is -0.872. The van der Waals surface area contributed by atoms with Gasteiger partial charge in [-0.1, -0.05) is 6.92 Å². The van der Waals surface area contributed by atoms with E-state index in [1.165, 1.54) is 0 Å². The van der Waals surface area contributed by atoms with Crippen molar-refractivity contribution in [1.29, 1.82) is 0 Å². The molecule has 0 heterocycles. The monoisotopic (exact) mass is 218 g/mol. The van der Waals surface area contributed by atoms with Gasteiger partial charge in [0.05, 0.1) is 18.8 Å². The van der Waals surface area contributed by atoms with Crippen LogP contribution in [0.4, 0.5) is 0 Å². The van der Waals surface area contributed by atoms with Crippen LogP contribution in [0.2, 0.25) is 0 Å². The van der Waals surface area contributed by atoms with E-state index in [0.717, 1.165) is 0 Å². The molecule has 0 aliphatic rings. The minimum absolute atomic E-state index is 0.145. The second kappa shape index (κ2) is 6.76. The zero-order valence-corrected chi connectivity index (χ0v) is 9.79. The van der Waals surface area contributed by atoms with E-state index in [9.17, 15) is 4.79 Å². The predicted octanol–water partition coefficient (Wildman–Crippen LogP) is -0.812. The topological polar surface area (TPSA) is 72.8 Å². The first kappa shape index (κ1) is 14.3. The highest BCUT2D eigenvalue weighted by atomic mass is 16.3. The summed E-state index contributed by atoms with van der Waals surface area (Å²) in [6, 6.07) is 0. The van der Waals surface area contributed by atoms with Gasteiger partial charge in [0.15, 0.2) is 0 Å². The first-order valence-corrected chi connectivity index (χ1v) is 5.17. The summed E-state index contributed by atoms with van der Waals surface area (Å²) >= 11 is 0. The summed E-state index contributed by atoms with van der Waals surface area (Å²) in [7, 11) is 3.77. The Bertz CT molecular complexity index is 183. The number of amides is 1. The molecular formula is C10H22N2O3. The molecule has 0 unspecified atom stereocenters. The van der Waals surface area contributed by atoms with Crippen molar-refractivity contribution in [3.63, 3.8) is 0 Å². The van der Waals surface area contributed by atoms with Crippen molar-refractivity contribution in [3.8, 4) is 0 Å². The molecule has 3 N–H and O–H groups in total. The lowest BCUT2D eigenvalue weighted by Gasteiger charge is -2.29. The molecule has 0 saturated heterocycles. The molecule has 0 aromatic carbocycles. The van der Waals surface area contributed by atoms with Crippen LogP contribution in [-0.4, -0.2) is 60.4 Å². The van der Waals surface area contributed by atoms with Gasteiger partial charge in [-0.05, 0) is 20.5 Å². The Balaban J connectivity index is 4.11. The molecule has 5 nitrogen and oxygen atoms in total. The summed E-state index contributed by atoms with van der Waals surface area (Å²) in [5, 5.41) is 20.9. The lowest BCUT2D eigenvalue weighted by atomic mass is 9.98. The maximum absolute atomic E-state index is 11.5. The number of nitrogens with one attached hydrogen (secondary N) is 1. The van der Waals surface area contributed by atoms with Crippen LogP contribution in [0.25, 0.3) is 0 Å². The summed E-state index contributed by atoms with van der Waals surface area (Å²) in [4.78, 5) is 13.4. The van der Waals surface area contributed by atoms with Crippen LogP contribution in [0.1, 0.15) is 19.8 Å². The van der Waals surface area contributed by atoms with E-state index in [4.69, 9.17) is 10.2 Å². The van der Waals surface area contributed by atoms with Crippen molar-refractivity contribution < 1.29 is 15.0 Å². The SMILES string of the molecule is CCC(CO)(CO)NC(=O)CCN(C)C. The molecule has 0 radical (unpaired) electrons. The van der Waals surface area contributed by atoms with Gasteiger partial charge < -0.3 is 20.4 Å². The first-order valence-electron chi connectivity index (χ1n) is 5.17. The first-order chi connectivity index (χ1) is 6.99. The number of carbonyl (C=O) groups is 1. The van der Waals surface area contributed by atoms with E-state index >= 15 is 0 Å². The number of hydrogen-bond donors (Lipinski definition) is 3. The molecule has 0 atom stereocenters. The summed E-state index contributed by atoms with van der Waals surface area (Å²) in [6.45, 7) is 1.99. The molecule has 5 heteroatoms. The minimum Gasteiger partial charge on any atom is -0.394 e. The number of nitrogens with zero attached hydrogens (tertiary/aromatic N) is 1. The zero-order chi connectivity index (χ0) is 11.9. The van der Waals surface area contributed by atoms with Gasteiger partial charge in [0.2, 0.25) is 5.91 Å². The van der Waals surface area contributed by atoms with Gasteiger partial charge in [0, 0.05) is 13.0 Å². The van der Waals surface area contributed by atoms with Gasteiger partial charge in [-0.15, -0.1) is 0 Å². The van der Waals surface area contributed by atoms with E-state index < -0.39 is 5.54 Å². The Labute approximate surface area is 91.1 Å². The highest BCUT2D eigenvalue weighted by molar-refractivity contribution is 5.77. The number of aliphatic hydroxyl groups excluding tert-OH is 2. The summed E-state index contributed by atoms with van der Waals surface area (Å²) in [6.07, 6.45) is 0.877. The highest BCUT2D eigenvalue weighted by Crippen LogP contribution is 2.08. The van der Waals surface area contributed by atoms with Gasteiger partial charge in [0.1, 0.15) is 0 Å². The largest absolute Gasteiger partial charge is 0.394 e. The van der Waals surface area contributed by atoms with Crippen LogP contribution in [0.15, 0.2) is 0 Å². The molecule has 0 rings (SSSR count). The van der Waals surface area contributed by atoms with Crippen molar-refractivity contribution >= 4 is 5.91 Å². The summed E-state index contributed by atoms with van der Waals surface area (Å²) in [5.74, 6) is -0.145. The molecule has 15 heavy (non-hydrogen) atoms. The van der Waals surface area contributed by atoms with E-state index in [1.807, 2.05) is 25.9 Å². The highest BCUT2D eigenvalue weighted by Gasteiger charge is 2.28. The van der Waals surface area contributed by atoms with Gasteiger partial charge in [-0.2, -0.15) is 0 Å². The fourth-order valence-corrected chi connectivity index (χ4v) is 1.12. The Hall–Kier alpha value is -0.650. The van der Waals surface area contributed by atoms with E-state index in [1.54, 1.807) is 0 Å². The molecule has 90 valence electrons. The third-order valence-corrected chi connectivity index (χ3v) is 2.47. The fourth-order valence-electron chi connectivity index (χ4n) is 1.12. The number of carbonyl (C=O) groups excluding carboxylic acids is 1. The average Bonchev–Trinajstić information content (AvgIpc) is 2.23. The van der Waals surface area contributed by atoms with Gasteiger partial charge >= 0.3 is 0 Å². The molecule has 0 saturated carbocycles. The van der Waals surface area contributed by atoms with Crippen molar-refractivity contribution in [2.45, 2.75) is 25.3 Å². The quantitative estimate of drug-likeness (QED) is 0.522. The molecular weight excluding hydrogens is 196 g/mol. The van der Waals surface area contributed by atoms with Crippen LogP contribution < -0.4 is 5.32 Å². The third kappa shape index (κ3) is 5.11. The van der Waals surface area contributed by atoms with Crippen LogP contribution >= 0.6 is 0 Å². The molecule has 1 amide bonds. The third-order valence-electron chi connectivity index (χ3n) is 2.47. The number of aliphatic hydroxyl groups is 2. The van der Waals surface area contributed by atoms with Crippen molar-refractivity contribution in [2.75, 3.05) is 33.9 Å². The van der Waals surface area contributed by atoms with E-state index in [0.29, 0.717) is 19.4 Å². The standard InChI is InChI=1S/C10H22N2O3/c1-4-10(7-13,8-14)11-9(15)5-6-12(2)3/h13-14H,4-8H2,1-3H3,(H,11,15). The van der Waals surface area contributed by atoms with Gasteiger partial charge in [0.25, 0.3) is 0 Å². The average molecular weight is 218 g/mol. The molecule has 0 aliphatic carbocycles. The second-order valence-electron chi connectivity index (χ2n) is 4.05. The van der Waals surface area contributed by atoms with Crippen LogP contribution in [0, 0.1) is 0 Å². The smallest absolute Gasteiger partial charge is 0.221 e. The molecule has 0 spiro atoms. The molecule has 0 bridgehead atoms. The summed E-state index contributed by atoms with van der Waals surface area (Å²) < 4.78 is 0. The Kier molecular flexibility index (Phi) is 6.47. The number of hydrogen-bond acceptors (Lipinski definition) is 4. The van der Waals surface area contributed by atoms with Crippen LogP contribution in [-0.2, 0) is 4.79 Å². The Morgan fingerprint density at radius 3 is 2.20 bits per heavy atom. The minimum atomic E-state index is -0.872. The molecule has 0 aromatic heterocycles. The number of rotatable bonds is 7. The Morgan fingerprint density at radius 1 is 1.33 bits per heavy atom. The fraction of sp³-hybridized carbons (Fsp3) is 0.900. The molecule has 0 aliphatic heterocycles.